The number of benzene rings is 1. The number of amides is 1. The van der Waals surface area contributed by atoms with Gasteiger partial charge in [-0.3, -0.25) is 4.79 Å². The monoisotopic (exact) mass is 338 g/mol. The normalized spacial score (nSPS) is 18.1. The predicted molar refractivity (Wildman–Crippen MR) is 85.9 cm³/mol. The van der Waals surface area contributed by atoms with Crippen LogP contribution in [-0.2, 0) is 11.2 Å². The second-order valence-electron chi connectivity index (χ2n) is 6.20. The predicted octanol–water partition coefficient (Wildman–Crippen LogP) is 2.90. The van der Waals surface area contributed by atoms with Crippen LogP contribution in [0.4, 0.5) is 0 Å². The van der Waals surface area contributed by atoms with Gasteiger partial charge in [-0.2, -0.15) is 0 Å². The minimum absolute atomic E-state index is 0.0274. The maximum atomic E-state index is 12.3. The van der Waals surface area contributed by atoms with Crippen molar-refractivity contribution in [3.63, 3.8) is 0 Å². The molecule has 1 aromatic carbocycles. The highest BCUT2D eigenvalue weighted by atomic mass is 79.9. The average Bonchev–Trinajstić information content (AvgIpc) is 2.38. The molecule has 1 heterocycles. The number of hydrogen-bond acceptors (Lipinski definition) is 2. The zero-order chi connectivity index (χ0) is 14.8. The molecule has 0 aromatic heterocycles. The van der Waals surface area contributed by atoms with E-state index in [2.05, 4.69) is 54.2 Å². The first kappa shape index (κ1) is 15.5. The maximum Gasteiger partial charge on any atom is 0.223 e. The summed E-state index contributed by atoms with van der Waals surface area (Å²) >= 11 is 3.49. The fourth-order valence-electron chi connectivity index (χ4n) is 2.66. The Morgan fingerprint density at radius 3 is 2.90 bits per heavy atom. The molecular formula is C16H23BrN2O. The highest BCUT2D eigenvalue weighted by Crippen LogP contribution is 2.18. The number of nitrogens with one attached hydrogen (secondary N) is 1. The third-order valence-electron chi connectivity index (χ3n) is 3.84. The van der Waals surface area contributed by atoms with E-state index in [9.17, 15) is 4.79 Å². The van der Waals surface area contributed by atoms with E-state index < -0.39 is 0 Å². The lowest BCUT2D eigenvalue weighted by atomic mass is 10.0. The van der Waals surface area contributed by atoms with Gasteiger partial charge < -0.3 is 10.2 Å². The van der Waals surface area contributed by atoms with Gasteiger partial charge in [0.05, 0.1) is 0 Å². The van der Waals surface area contributed by atoms with Crippen molar-refractivity contribution in [1.29, 1.82) is 0 Å². The summed E-state index contributed by atoms with van der Waals surface area (Å²) in [5, 5.41) is 3.43. The third kappa shape index (κ3) is 4.06. The Bertz CT molecular complexity index is 499. The molecule has 3 nitrogen and oxygen atoms in total. The van der Waals surface area contributed by atoms with E-state index in [1.807, 2.05) is 11.0 Å². The smallest absolute Gasteiger partial charge is 0.223 e. The van der Waals surface area contributed by atoms with E-state index in [0.717, 1.165) is 30.5 Å². The van der Waals surface area contributed by atoms with E-state index in [1.54, 1.807) is 0 Å². The van der Waals surface area contributed by atoms with Gasteiger partial charge in [-0.25, -0.2) is 0 Å². The number of nitrogens with zero attached hydrogens (tertiary/aromatic N) is 1. The summed E-state index contributed by atoms with van der Waals surface area (Å²) in [6.07, 6.45) is 1.40. The first-order valence-corrected chi connectivity index (χ1v) is 7.94. The topological polar surface area (TPSA) is 32.3 Å². The minimum atomic E-state index is 0.0274. The molecule has 0 saturated carbocycles. The second-order valence-corrected chi connectivity index (χ2v) is 7.11. The molecule has 0 aliphatic carbocycles. The van der Waals surface area contributed by atoms with E-state index in [0.29, 0.717) is 6.42 Å². The van der Waals surface area contributed by atoms with Crippen LogP contribution >= 0.6 is 15.9 Å². The number of aryl methyl sites for hydroxylation is 2. The summed E-state index contributed by atoms with van der Waals surface area (Å²) in [6.45, 7) is 8.88. The van der Waals surface area contributed by atoms with Gasteiger partial charge in [-0.1, -0.05) is 22.0 Å². The number of halogens is 1. The molecule has 1 amide bonds. The second kappa shape index (κ2) is 6.27. The largest absolute Gasteiger partial charge is 0.340 e. The standard InChI is InChI=1S/C16H23BrN2O/c1-12-4-6-14(17)10-13(12)5-7-15(20)19-9-8-18-16(2,3)11-19/h4,6,10,18H,5,7-9,11H2,1-3H3. The van der Waals surface area contributed by atoms with Gasteiger partial charge >= 0.3 is 0 Å². The van der Waals surface area contributed by atoms with Crippen molar-refractivity contribution >= 4 is 21.8 Å². The van der Waals surface area contributed by atoms with Crippen LogP contribution in [0.3, 0.4) is 0 Å². The number of rotatable bonds is 3. The van der Waals surface area contributed by atoms with Gasteiger partial charge in [-0.15, -0.1) is 0 Å². The Kier molecular flexibility index (Phi) is 4.86. The number of carbonyl (C=O) groups excluding carboxylic acids is 1. The van der Waals surface area contributed by atoms with Crippen LogP contribution in [0, 0.1) is 6.92 Å². The molecule has 0 unspecified atom stereocenters. The van der Waals surface area contributed by atoms with Gasteiger partial charge in [0.1, 0.15) is 0 Å². The van der Waals surface area contributed by atoms with Gasteiger partial charge in [-0.05, 0) is 50.5 Å². The summed E-state index contributed by atoms with van der Waals surface area (Å²) in [6, 6.07) is 6.25. The van der Waals surface area contributed by atoms with Gasteiger partial charge in [0.15, 0.2) is 0 Å². The van der Waals surface area contributed by atoms with Crippen molar-refractivity contribution in [1.82, 2.24) is 10.2 Å². The molecule has 0 atom stereocenters. The van der Waals surface area contributed by atoms with Crippen LogP contribution in [0.25, 0.3) is 0 Å². The Morgan fingerprint density at radius 2 is 2.20 bits per heavy atom. The number of hydrogen-bond donors (Lipinski definition) is 1. The molecule has 1 saturated heterocycles. The zero-order valence-electron chi connectivity index (χ0n) is 12.5. The molecule has 1 aromatic rings. The number of piperazine rings is 1. The summed E-state index contributed by atoms with van der Waals surface area (Å²) < 4.78 is 1.08. The van der Waals surface area contributed by atoms with Crippen molar-refractivity contribution < 1.29 is 4.79 Å². The summed E-state index contributed by atoms with van der Waals surface area (Å²) in [5.41, 5.74) is 2.53. The summed E-state index contributed by atoms with van der Waals surface area (Å²) in [5.74, 6) is 0.263. The van der Waals surface area contributed by atoms with Crippen molar-refractivity contribution in [2.45, 2.75) is 39.2 Å². The summed E-state index contributed by atoms with van der Waals surface area (Å²) in [7, 11) is 0. The Balaban J connectivity index is 1.93. The fourth-order valence-corrected chi connectivity index (χ4v) is 3.07. The zero-order valence-corrected chi connectivity index (χ0v) is 14.1. The summed E-state index contributed by atoms with van der Waals surface area (Å²) in [4.78, 5) is 14.3. The lowest BCUT2D eigenvalue weighted by molar-refractivity contribution is -0.133. The highest BCUT2D eigenvalue weighted by molar-refractivity contribution is 9.10. The van der Waals surface area contributed by atoms with E-state index in [-0.39, 0.29) is 11.4 Å². The van der Waals surface area contributed by atoms with Gasteiger partial charge in [0.2, 0.25) is 5.91 Å². The van der Waals surface area contributed by atoms with E-state index >= 15 is 0 Å². The van der Waals surface area contributed by atoms with Crippen LogP contribution in [0.1, 0.15) is 31.4 Å². The Morgan fingerprint density at radius 1 is 1.45 bits per heavy atom. The molecule has 0 bridgehead atoms. The first-order valence-electron chi connectivity index (χ1n) is 7.15. The van der Waals surface area contributed by atoms with E-state index in [1.165, 1.54) is 11.1 Å². The van der Waals surface area contributed by atoms with Crippen LogP contribution in [0.15, 0.2) is 22.7 Å². The molecule has 0 spiro atoms. The van der Waals surface area contributed by atoms with Crippen LogP contribution < -0.4 is 5.32 Å². The molecule has 1 aliphatic heterocycles. The van der Waals surface area contributed by atoms with Crippen LogP contribution in [0.5, 0.6) is 0 Å². The van der Waals surface area contributed by atoms with Gasteiger partial charge in [0, 0.05) is 36.1 Å². The SMILES string of the molecule is Cc1ccc(Br)cc1CCC(=O)N1CCNC(C)(C)C1. The van der Waals surface area contributed by atoms with Gasteiger partial charge in [0.25, 0.3) is 0 Å². The molecule has 20 heavy (non-hydrogen) atoms. The molecule has 4 heteroatoms. The van der Waals surface area contributed by atoms with Crippen LogP contribution in [-0.4, -0.2) is 36.0 Å². The Hall–Kier alpha value is -0.870. The number of carbonyl (C=O) groups is 1. The first-order chi connectivity index (χ1) is 9.37. The third-order valence-corrected chi connectivity index (χ3v) is 4.34. The molecular weight excluding hydrogens is 316 g/mol. The molecule has 1 aliphatic rings. The van der Waals surface area contributed by atoms with Crippen molar-refractivity contribution in [2.24, 2.45) is 0 Å². The highest BCUT2D eigenvalue weighted by Gasteiger charge is 2.28. The van der Waals surface area contributed by atoms with E-state index in [4.69, 9.17) is 0 Å². The minimum Gasteiger partial charge on any atom is -0.340 e. The van der Waals surface area contributed by atoms with Crippen molar-refractivity contribution in [3.05, 3.63) is 33.8 Å². The lowest BCUT2D eigenvalue weighted by Gasteiger charge is -2.39. The van der Waals surface area contributed by atoms with Crippen molar-refractivity contribution in [3.8, 4) is 0 Å². The van der Waals surface area contributed by atoms with Crippen molar-refractivity contribution in [2.75, 3.05) is 19.6 Å². The van der Waals surface area contributed by atoms with Crippen LogP contribution in [0.2, 0.25) is 0 Å². The lowest BCUT2D eigenvalue weighted by Crippen LogP contribution is -2.58. The fraction of sp³-hybridized carbons (Fsp3) is 0.562. The quantitative estimate of drug-likeness (QED) is 0.918. The molecule has 0 radical (unpaired) electrons. The molecule has 1 N–H and O–H groups in total. The Labute approximate surface area is 129 Å². The molecule has 110 valence electrons. The molecule has 1 fully saturated rings. The molecule has 2 rings (SSSR count). The average molecular weight is 339 g/mol. The maximum absolute atomic E-state index is 12.3.